The predicted molar refractivity (Wildman–Crippen MR) is 86.3 cm³/mol. The van der Waals surface area contributed by atoms with E-state index in [4.69, 9.17) is 37.4 Å². The number of carbonyl (C=O) groups excluding carboxylic acids is 2. The molecule has 1 amide bonds. The first-order valence-electron chi connectivity index (χ1n) is 6.80. The monoisotopic (exact) mass is 361 g/mol. The summed E-state index contributed by atoms with van der Waals surface area (Å²) in [4.78, 5) is 23.8. The Labute approximate surface area is 144 Å². The van der Waals surface area contributed by atoms with Gasteiger partial charge in [-0.05, 0) is 6.92 Å². The molecule has 6 nitrogen and oxygen atoms in total. The molecule has 1 N–H and O–H groups in total. The van der Waals surface area contributed by atoms with E-state index in [0.29, 0.717) is 23.6 Å². The Kier molecular flexibility index (Phi) is 4.96. The van der Waals surface area contributed by atoms with Gasteiger partial charge in [0.1, 0.15) is 21.2 Å². The third kappa shape index (κ3) is 3.82. The molecule has 1 saturated carbocycles. The number of alkyl halides is 2. The highest BCUT2D eigenvalue weighted by atomic mass is 35.5. The second-order valence-electron chi connectivity index (χ2n) is 5.44. The fourth-order valence-electron chi connectivity index (χ4n) is 1.99. The summed E-state index contributed by atoms with van der Waals surface area (Å²) in [6.45, 7) is 1.16. The normalized spacial score (nSPS) is 21.3. The molecule has 1 atom stereocenters. The Morgan fingerprint density at radius 2 is 1.70 bits per heavy atom. The van der Waals surface area contributed by atoms with Crippen LogP contribution in [0.3, 0.4) is 0 Å². The van der Waals surface area contributed by atoms with Crippen LogP contribution in [0.4, 0.5) is 5.69 Å². The summed E-state index contributed by atoms with van der Waals surface area (Å²) >= 11 is 11.8. The molecule has 0 unspecified atom stereocenters. The average molecular weight is 362 g/mol. The van der Waals surface area contributed by atoms with Crippen LogP contribution >= 0.6 is 23.2 Å². The highest BCUT2D eigenvalue weighted by molar-refractivity contribution is 6.53. The second kappa shape index (κ2) is 6.45. The molecule has 0 radical (unpaired) electrons. The predicted octanol–water partition coefficient (Wildman–Crippen LogP) is 2.77. The van der Waals surface area contributed by atoms with Crippen molar-refractivity contribution in [2.45, 2.75) is 17.7 Å². The van der Waals surface area contributed by atoms with Gasteiger partial charge in [0.05, 0.1) is 14.2 Å². The number of methoxy groups -OCH3 is 2. The van der Waals surface area contributed by atoms with Crippen LogP contribution in [0.2, 0.25) is 0 Å². The molecule has 1 aromatic rings. The van der Waals surface area contributed by atoms with Crippen LogP contribution in [0.5, 0.6) is 11.5 Å². The summed E-state index contributed by atoms with van der Waals surface area (Å²) in [5.74, 6) is -0.0408. The Bertz CT molecular complexity index is 612. The van der Waals surface area contributed by atoms with Gasteiger partial charge in [-0.2, -0.15) is 0 Å². The van der Waals surface area contributed by atoms with Crippen LogP contribution in [0.25, 0.3) is 0 Å². The van der Waals surface area contributed by atoms with Crippen LogP contribution < -0.4 is 14.8 Å². The fraction of sp³-hybridized carbons (Fsp3) is 0.467. The molecule has 0 aromatic heterocycles. The lowest BCUT2D eigenvalue weighted by atomic mass is 10.1. The van der Waals surface area contributed by atoms with Gasteiger partial charge in [0.2, 0.25) is 0 Å². The summed E-state index contributed by atoms with van der Waals surface area (Å²) in [5, 5.41) is 2.60. The van der Waals surface area contributed by atoms with E-state index in [1.165, 1.54) is 14.2 Å². The quantitative estimate of drug-likeness (QED) is 0.622. The van der Waals surface area contributed by atoms with Crippen molar-refractivity contribution in [2.75, 3.05) is 26.1 Å². The number of esters is 1. The number of carbonyl (C=O) groups is 2. The van der Waals surface area contributed by atoms with Crippen LogP contribution in [-0.2, 0) is 14.3 Å². The number of amides is 1. The van der Waals surface area contributed by atoms with Gasteiger partial charge in [0.15, 0.2) is 6.61 Å². The van der Waals surface area contributed by atoms with Crippen molar-refractivity contribution in [1.29, 1.82) is 0 Å². The Morgan fingerprint density at radius 1 is 1.17 bits per heavy atom. The minimum Gasteiger partial charge on any atom is -0.497 e. The van der Waals surface area contributed by atoms with Crippen molar-refractivity contribution in [3.05, 3.63) is 18.2 Å². The third-order valence-electron chi connectivity index (χ3n) is 3.68. The van der Waals surface area contributed by atoms with E-state index in [0.717, 1.165) is 0 Å². The molecule has 8 heteroatoms. The molecule has 0 bridgehead atoms. The first-order valence-corrected chi connectivity index (χ1v) is 7.55. The molecule has 0 aliphatic heterocycles. The first kappa shape index (κ1) is 17.7. The van der Waals surface area contributed by atoms with Crippen LogP contribution in [0, 0.1) is 5.41 Å². The number of hydrogen-bond donors (Lipinski definition) is 1. The van der Waals surface area contributed by atoms with E-state index in [1.807, 2.05) is 0 Å². The van der Waals surface area contributed by atoms with Crippen molar-refractivity contribution in [1.82, 2.24) is 0 Å². The molecular weight excluding hydrogens is 345 g/mol. The second-order valence-corrected chi connectivity index (χ2v) is 6.92. The van der Waals surface area contributed by atoms with Crippen molar-refractivity contribution in [3.8, 4) is 11.5 Å². The Balaban J connectivity index is 1.92. The summed E-state index contributed by atoms with van der Waals surface area (Å²) < 4.78 is 14.1. The van der Waals surface area contributed by atoms with Crippen molar-refractivity contribution in [3.63, 3.8) is 0 Å². The number of benzene rings is 1. The molecule has 1 fully saturated rings. The van der Waals surface area contributed by atoms with E-state index in [1.54, 1.807) is 25.1 Å². The van der Waals surface area contributed by atoms with Crippen LogP contribution in [0.15, 0.2) is 18.2 Å². The lowest BCUT2D eigenvalue weighted by Crippen LogP contribution is -2.26. The van der Waals surface area contributed by atoms with Crippen LogP contribution in [-0.4, -0.2) is 37.0 Å². The van der Waals surface area contributed by atoms with Gasteiger partial charge in [-0.1, -0.05) is 0 Å². The average Bonchev–Trinajstić information content (AvgIpc) is 3.04. The van der Waals surface area contributed by atoms with Crippen molar-refractivity contribution < 1.29 is 23.8 Å². The molecule has 126 valence electrons. The topological polar surface area (TPSA) is 73.9 Å². The van der Waals surface area contributed by atoms with Gasteiger partial charge in [0, 0.05) is 30.3 Å². The zero-order valence-corrected chi connectivity index (χ0v) is 14.5. The highest BCUT2D eigenvalue weighted by Gasteiger charge is 2.69. The Morgan fingerprint density at radius 3 is 2.13 bits per heavy atom. The number of nitrogens with one attached hydrogen (secondary N) is 1. The number of rotatable bonds is 6. The largest absolute Gasteiger partial charge is 0.497 e. The first-order chi connectivity index (χ1) is 10.7. The van der Waals surface area contributed by atoms with E-state index in [-0.39, 0.29) is 0 Å². The summed E-state index contributed by atoms with van der Waals surface area (Å²) in [6.07, 6.45) is 0.302. The molecule has 0 spiro atoms. The van der Waals surface area contributed by atoms with Gasteiger partial charge in [0.25, 0.3) is 5.91 Å². The molecular formula is C15H17Cl2NO5. The van der Waals surface area contributed by atoms with Gasteiger partial charge in [-0.15, -0.1) is 23.2 Å². The number of anilines is 1. The molecule has 1 aliphatic carbocycles. The van der Waals surface area contributed by atoms with Crippen molar-refractivity contribution >= 4 is 40.8 Å². The third-order valence-corrected chi connectivity index (χ3v) is 4.78. The minimum atomic E-state index is -1.12. The minimum absolute atomic E-state index is 0.302. The smallest absolute Gasteiger partial charge is 0.315 e. The fourth-order valence-corrected chi connectivity index (χ4v) is 2.68. The lowest BCUT2D eigenvalue weighted by Gasteiger charge is -2.12. The maximum Gasteiger partial charge on any atom is 0.315 e. The van der Waals surface area contributed by atoms with Gasteiger partial charge < -0.3 is 19.5 Å². The molecule has 23 heavy (non-hydrogen) atoms. The summed E-state index contributed by atoms with van der Waals surface area (Å²) in [7, 11) is 3.01. The van der Waals surface area contributed by atoms with Gasteiger partial charge in [-0.25, -0.2) is 0 Å². The molecule has 0 heterocycles. The molecule has 1 aromatic carbocycles. The van der Waals surface area contributed by atoms with E-state index in [9.17, 15) is 9.59 Å². The molecule has 1 aliphatic rings. The number of halogens is 2. The van der Waals surface area contributed by atoms with E-state index in [2.05, 4.69) is 5.32 Å². The summed E-state index contributed by atoms with van der Waals surface area (Å²) in [5.41, 5.74) is -0.501. The molecule has 2 rings (SSSR count). The standard InChI is InChI=1S/C15H17Cl2NO5/c1-14(8-15(14,16)17)13(20)23-7-12(19)18-9-4-10(21-2)6-11(5-9)22-3/h4-6H,7-8H2,1-3H3,(H,18,19)/t14-/m0/s1. The number of ether oxygens (including phenoxy) is 3. The van der Waals surface area contributed by atoms with Crippen LogP contribution in [0.1, 0.15) is 13.3 Å². The molecule has 0 saturated heterocycles. The highest BCUT2D eigenvalue weighted by Crippen LogP contribution is 2.64. The maximum atomic E-state index is 11.9. The van der Waals surface area contributed by atoms with Crippen molar-refractivity contribution in [2.24, 2.45) is 5.41 Å². The SMILES string of the molecule is COc1cc(NC(=O)COC(=O)[C@]2(C)CC2(Cl)Cl)cc(OC)c1. The zero-order chi connectivity index (χ0) is 17.3. The maximum absolute atomic E-state index is 11.9. The number of hydrogen-bond acceptors (Lipinski definition) is 5. The van der Waals surface area contributed by atoms with E-state index < -0.39 is 28.2 Å². The van der Waals surface area contributed by atoms with Gasteiger partial charge in [-0.3, -0.25) is 9.59 Å². The lowest BCUT2D eigenvalue weighted by molar-refractivity contribution is -0.152. The van der Waals surface area contributed by atoms with Gasteiger partial charge >= 0.3 is 5.97 Å². The van der Waals surface area contributed by atoms with E-state index >= 15 is 0 Å². The summed E-state index contributed by atoms with van der Waals surface area (Å²) in [6, 6.07) is 4.91. The Hall–Kier alpha value is -1.66. The zero-order valence-electron chi connectivity index (χ0n) is 12.9.